The zero-order valence-corrected chi connectivity index (χ0v) is 9.74. The Labute approximate surface area is 92.9 Å². The number of hydrogen-bond donors (Lipinski definition) is 2. The molecule has 1 rings (SSSR count). The van der Waals surface area contributed by atoms with Crippen molar-refractivity contribution in [1.29, 1.82) is 0 Å². The second-order valence-electron chi connectivity index (χ2n) is 4.06. The molecule has 0 aliphatic carbocycles. The zero-order valence-electron chi connectivity index (χ0n) is 9.74. The summed E-state index contributed by atoms with van der Waals surface area (Å²) in [6.07, 6.45) is 2.35. The third-order valence-corrected chi connectivity index (χ3v) is 2.62. The van der Waals surface area contributed by atoms with E-state index in [-0.39, 0.29) is 0 Å². The molecule has 0 radical (unpaired) electrons. The Balaban J connectivity index is 2.65. The van der Waals surface area contributed by atoms with E-state index in [0.29, 0.717) is 18.6 Å². The molecule has 2 heteroatoms. The second-order valence-corrected chi connectivity index (χ2v) is 4.06. The maximum absolute atomic E-state index is 5.63. The molecule has 3 N–H and O–H groups in total. The Morgan fingerprint density at radius 2 is 1.93 bits per heavy atom. The lowest BCUT2D eigenvalue weighted by molar-refractivity contribution is 0.435. The molecule has 0 fully saturated rings. The van der Waals surface area contributed by atoms with E-state index < -0.39 is 0 Å². The maximum Gasteiger partial charge on any atom is 0.0322 e. The maximum atomic E-state index is 5.63. The number of rotatable bonds is 6. The average molecular weight is 206 g/mol. The Hall–Kier alpha value is -0.860. The van der Waals surface area contributed by atoms with Crippen LogP contribution in [0.25, 0.3) is 0 Å². The first-order chi connectivity index (χ1) is 7.27. The topological polar surface area (TPSA) is 38.0 Å². The molecule has 2 nitrogen and oxygen atoms in total. The van der Waals surface area contributed by atoms with E-state index in [1.165, 1.54) is 12.0 Å². The molecule has 0 spiro atoms. The zero-order chi connectivity index (χ0) is 11.1. The molecule has 0 heterocycles. The number of nitrogens with two attached hydrogens (primary N) is 1. The largest absolute Gasteiger partial charge is 0.329 e. The fourth-order valence-electron chi connectivity index (χ4n) is 1.73. The summed E-state index contributed by atoms with van der Waals surface area (Å²) in [5.41, 5.74) is 6.99. The van der Waals surface area contributed by atoms with Gasteiger partial charge in [0.2, 0.25) is 0 Å². The van der Waals surface area contributed by atoms with Crippen molar-refractivity contribution in [3.05, 3.63) is 35.9 Å². The van der Waals surface area contributed by atoms with Crippen LogP contribution in [-0.4, -0.2) is 12.6 Å². The van der Waals surface area contributed by atoms with Gasteiger partial charge in [0.15, 0.2) is 0 Å². The summed E-state index contributed by atoms with van der Waals surface area (Å²) >= 11 is 0. The van der Waals surface area contributed by atoms with Gasteiger partial charge in [0.25, 0.3) is 0 Å². The van der Waals surface area contributed by atoms with Crippen LogP contribution in [0.4, 0.5) is 0 Å². The normalized spacial score (nSPS) is 14.9. The minimum Gasteiger partial charge on any atom is -0.329 e. The molecule has 0 bridgehead atoms. The van der Waals surface area contributed by atoms with Crippen LogP contribution in [0, 0.1) is 0 Å². The van der Waals surface area contributed by atoms with Gasteiger partial charge < -0.3 is 11.1 Å². The van der Waals surface area contributed by atoms with E-state index >= 15 is 0 Å². The van der Waals surface area contributed by atoms with E-state index in [1.807, 2.05) is 0 Å². The molecular weight excluding hydrogens is 184 g/mol. The first-order valence-corrected chi connectivity index (χ1v) is 5.79. The van der Waals surface area contributed by atoms with Crippen LogP contribution < -0.4 is 11.1 Å². The molecule has 2 atom stereocenters. The molecular formula is C13H22N2. The van der Waals surface area contributed by atoms with Crippen LogP contribution in [0.1, 0.15) is 38.3 Å². The summed E-state index contributed by atoms with van der Waals surface area (Å²) in [7, 11) is 0. The highest BCUT2D eigenvalue weighted by atomic mass is 15.0. The van der Waals surface area contributed by atoms with Crippen LogP contribution in [0.15, 0.2) is 30.3 Å². The highest BCUT2D eigenvalue weighted by Crippen LogP contribution is 2.18. The van der Waals surface area contributed by atoms with Gasteiger partial charge in [0.1, 0.15) is 0 Å². The first-order valence-electron chi connectivity index (χ1n) is 5.79. The van der Waals surface area contributed by atoms with Gasteiger partial charge in [-0.15, -0.1) is 0 Å². The molecule has 1 aromatic carbocycles. The highest BCUT2D eigenvalue weighted by molar-refractivity contribution is 5.18. The van der Waals surface area contributed by atoms with E-state index in [2.05, 4.69) is 49.5 Å². The van der Waals surface area contributed by atoms with Gasteiger partial charge >= 0.3 is 0 Å². The van der Waals surface area contributed by atoms with E-state index in [0.717, 1.165) is 6.42 Å². The number of hydrogen-bond acceptors (Lipinski definition) is 2. The molecule has 0 saturated heterocycles. The minimum absolute atomic E-state index is 0.377. The Kier molecular flexibility index (Phi) is 5.37. The van der Waals surface area contributed by atoms with Crippen molar-refractivity contribution >= 4 is 0 Å². The fraction of sp³-hybridized carbons (Fsp3) is 0.538. The lowest BCUT2D eigenvalue weighted by Gasteiger charge is -2.22. The summed E-state index contributed by atoms with van der Waals surface area (Å²) in [6.45, 7) is 5.03. The van der Waals surface area contributed by atoms with Crippen LogP contribution in [0.5, 0.6) is 0 Å². The molecule has 0 aromatic heterocycles. The van der Waals surface area contributed by atoms with Crippen LogP contribution in [-0.2, 0) is 0 Å². The van der Waals surface area contributed by atoms with Crippen molar-refractivity contribution in [3.63, 3.8) is 0 Å². The fourth-order valence-corrected chi connectivity index (χ4v) is 1.73. The Bertz CT molecular complexity index is 258. The molecule has 0 aliphatic heterocycles. The van der Waals surface area contributed by atoms with E-state index in [4.69, 9.17) is 5.73 Å². The van der Waals surface area contributed by atoms with Gasteiger partial charge in [0.05, 0.1) is 0 Å². The molecule has 1 aromatic rings. The molecule has 15 heavy (non-hydrogen) atoms. The summed E-state index contributed by atoms with van der Waals surface area (Å²) in [5, 5.41) is 3.56. The second kappa shape index (κ2) is 6.59. The Morgan fingerprint density at radius 3 is 2.47 bits per heavy atom. The van der Waals surface area contributed by atoms with Gasteiger partial charge in [-0.2, -0.15) is 0 Å². The quantitative estimate of drug-likeness (QED) is 0.750. The van der Waals surface area contributed by atoms with Gasteiger partial charge in [-0.25, -0.2) is 0 Å². The van der Waals surface area contributed by atoms with E-state index in [9.17, 15) is 0 Å². The van der Waals surface area contributed by atoms with Gasteiger partial charge in [0, 0.05) is 18.6 Å². The van der Waals surface area contributed by atoms with Crippen LogP contribution in [0.2, 0.25) is 0 Å². The van der Waals surface area contributed by atoms with Crippen molar-refractivity contribution < 1.29 is 0 Å². The molecule has 2 unspecified atom stereocenters. The van der Waals surface area contributed by atoms with Crippen molar-refractivity contribution in [2.75, 3.05) is 6.54 Å². The molecule has 0 amide bonds. The average Bonchev–Trinajstić information content (AvgIpc) is 2.29. The number of benzene rings is 1. The first kappa shape index (κ1) is 12.2. The summed E-state index contributed by atoms with van der Waals surface area (Å²) in [6, 6.07) is 11.4. The van der Waals surface area contributed by atoms with Crippen molar-refractivity contribution in [3.8, 4) is 0 Å². The van der Waals surface area contributed by atoms with Crippen LogP contribution >= 0.6 is 0 Å². The van der Waals surface area contributed by atoms with Gasteiger partial charge in [-0.3, -0.25) is 0 Å². The SMILES string of the molecule is CCCC(NC(C)CN)c1ccccc1. The van der Waals surface area contributed by atoms with Gasteiger partial charge in [-0.05, 0) is 18.9 Å². The summed E-state index contributed by atoms with van der Waals surface area (Å²) in [4.78, 5) is 0. The third kappa shape index (κ3) is 4.02. The van der Waals surface area contributed by atoms with Crippen LogP contribution in [0.3, 0.4) is 0 Å². The van der Waals surface area contributed by atoms with Crippen molar-refractivity contribution in [2.24, 2.45) is 5.73 Å². The third-order valence-electron chi connectivity index (χ3n) is 2.62. The molecule has 0 aliphatic rings. The van der Waals surface area contributed by atoms with Crippen molar-refractivity contribution in [2.45, 2.75) is 38.8 Å². The lowest BCUT2D eigenvalue weighted by atomic mass is 10.0. The lowest BCUT2D eigenvalue weighted by Crippen LogP contribution is -2.36. The van der Waals surface area contributed by atoms with Gasteiger partial charge in [-0.1, -0.05) is 43.7 Å². The molecule has 0 saturated carbocycles. The minimum atomic E-state index is 0.377. The van der Waals surface area contributed by atoms with E-state index in [1.54, 1.807) is 0 Å². The van der Waals surface area contributed by atoms with Crippen molar-refractivity contribution in [1.82, 2.24) is 5.32 Å². The molecule has 84 valence electrons. The number of nitrogens with one attached hydrogen (secondary N) is 1. The monoisotopic (exact) mass is 206 g/mol. The predicted octanol–water partition coefficient (Wildman–Crippen LogP) is 2.46. The summed E-state index contributed by atoms with van der Waals surface area (Å²) < 4.78 is 0. The Morgan fingerprint density at radius 1 is 1.27 bits per heavy atom. The smallest absolute Gasteiger partial charge is 0.0322 e. The summed E-state index contributed by atoms with van der Waals surface area (Å²) in [5.74, 6) is 0. The standard InChI is InChI=1S/C13H22N2/c1-3-7-13(15-11(2)10-14)12-8-5-4-6-9-12/h4-6,8-9,11,13,15H,3,7,10,14H2,1-2H3. The predicted molar refractivity (Wildman–Crippen MR) is 65.7 cm³/mol. The highest BCUT2D eigenvalue weighted by Gasteiger charge is 2.11.